The van der Waals surface area contributed by atoms with Gasteiger partial charge in [-0.15, -0.1) is 0 Å². The number of halogens is 1. The van der Waals surface area contributed by atoms with Gasteiger partial charge in [0.25, 0.3) is 0 Å². The molecule has 0 radical (unpaired) electrons. The predicted molar refractivity (Wildman–Crippen MR) is 46.1 cm³/mol. The molecule has 0 aliphatic carbocycles. The van der Waals surface area contributed by atoms with Crippen LogP contribution in [0.4, 0.5) is 0 Å². The van der Waals surface area contributed by atoms with Crippen molar-refractivity contribution < 1.29 is 0 Å². The maximum absolute atomic E-state index is 3.51. The van der Waals surface area contributed by atoms with Crippen LogP contribution >= 0.6 is 15.9 Å². The fraction of sp³-hybridized carbons (Fsp3) is 1.00. The molecule has 0 aromatic heterocycles. The van der Waals surface area contributed by atoms with Gasteiger partial charge in [0.05, 0.1) is 0 Å². The molecule has 0 aromatic rings. The van der Waals surface area contributed by atoms with Gasteiger partial charge in [-0.2, -0.15) is 0 Å². The Morgan fingerprint density at radius 1 is 1.11 bits per heavy atom. The standard InChI is InChI=1S/C7H16BrN/c1-5(2)9-7(4)6(3)8/h5-7,9H,1-4H3. The number of hydrogen-bond acceptors (Lipinski definition) is 1. The van der Waals surface area contributed by atoms with Crippen LogP contribution in [0.3, 0.4) is 0 Å². The van der Waals surface area contributed by atoms with Crippen LogP contribution in [0.5, 0.6) is 0 Å². The molecule has 1 nitrogen and oxygen atoms in total. The van der Waals surface area contributed by atoms with E-state index in [2.05, 4.69) is 48.9 Å². The Kier molecular flexibility index (Phi) is 4.50. The zero-order chi connectivity index (χ0) is 7.44. The molecule has 2 atom stereocenters. The van der Waals surface area contributed by atoms with Gasteiger partial charge in [0.2, 0.25) is 0 Å². The molecule has 2 heteroatoms. The zero-order valence-electron chi connectivity index (χ0n) is 6.61. The van der Waals surface area contributed by atoms with Gasteiger partial charge in [-0.05, 0) is 6.92 Å². The van der Waals surface area contributed by atoms with Gasteiger partial charge in [0.1, 0.15) is 0 Å². The summed E-state index contributed by atoms with van der Waals surface area (Å²) in [5.74, 6) is 0. The van der Waals surface area contributed by atoms with E-state index < -0.39 is 0 Å². The van der Waals surface area contributed by atoms with Crippen molar-refractivity contribution in [3.05, 3.63) is 0 Å². The van der Waals surface area contributed by atoms with Crippen LogP contribution in [0.1, 0.15) is 27.7 Å². The molecular formula is C7H16BrN. The second kappa shape index (κ2) is 4.29. The van der Waals surface area contributed by atoms with Crippen LogP contribution in [0.15, 0.2) is 0 Å². The van der Waals surface area contributed by atoms with Gasteiger partial charge in [-0.3, -0.25) is 0 Å². The fourth-order valence-electron chi connectivity index (χ4n) is 0.658. The van der Waals surface area contributed by atoms with Gasteiger partial charge in [0, 0.05) is 16.9 Å². The molecule has 2 unspecified atom stereocenters. The molecule has 0 heterocycles. The highest BCUT2D eigenvalue weighted by molar-refractivity contribution is 9.09. The Bertz CT molecular complexity index is 71.3. The molecule has 0 rings (SSSR count). The molecule has 0 aliphatic heterocycles. The summed E-state index contributed by atoms with van der Waals surface area (Å²) in [5, 5.41) is 3.40. The summed E-state index contributed by atoms with van der Waals surface area (Å²) >= 11 is 3.51. The lowest BCUT2D eigenvalue weighted by Crippen LogP contribution is -2.37. The first-order valence-electron chi connectivity index (χ1n) is 3.44. The first-order valence-corrected chi connectivity index (χ1v) is 4.35. The molecule has 0 fully saturated rings. The number of hydrogen-bond donors (Lipinski definition) is 1. The van der Waals surface area contributed by atoms with Gasteiger partial charge in [-0.25, -0.2) is 0 Å². The lowest BCUT2D eigenvalue weighted by molar-refractivity contribution is 0.490. The Balaban J connectivity index is 3.38. The molecule has 0 saturated heterocycles. The number of rotatable bonds is 3. The van der Waals surface area contributed by atoms with E-state index in [-0.39, 0.29) is 0 Å². The largest absolute Gasteiger partial charge is 0.311 e. The Morgan fingerprint density at radius 3 is 1.67 bits per heavy atom. The quantitative estimate of drug-likeness (QED) is 0.679. The van der Waals surface area contributed by atoms with Crippen LogP contribution in [0, 0.1) is 0 Å². The summed E-state index contributed by atoms with van der Waals surface area (Å²) < 4.78 is 0. The Morgan fingerprint density at radius 2 is 1.56 bits per heavy atom. The van der Waals surface area contributed by atoms with E-state index in [1.165, 1.54) is 0 Å². The fourth-order valence-corrected chi connectivity index (χ4v) is 0.811. The van der Waals surface area contributed by atoms with E-state index in [0.717, 1.165) is 0 Å². The minimum atomic E-state index is 0.555. The van der Waals surface area contributed by atoms with E-state index in [1.54, 1.807) is 0 Å². The number of nitrogens with one attached hydrogen (secondary N) is 1. The molecule has 0 bridgehead atoms. The SMILES string of the molecule is CC(C)NC(C)C(C)Br. The summed E-state index contributed by atoms with van der Waals surface area (Å²) in [5.41, 5.74) is 0. The maximum atomic E-state index is 3.51. The Hall–Kier alpha value is 0.440. The maximum Gasteiger partial charge on any atom is 0.0268 e. The van der Waals surface area contributed by atoms with Gasteiger partial charge < -0.3 is 5.32 Å². The van der Waals surface area contributed by atoms with Gasteiger partial charge in [0.15, 0.2) is 0 Å². The summed E-state index contributed by atoms with van der Waals surface area (Å²) in [7, 11) is 0. The van der Waals surface area contributed by atoms with Crippen molar-refractivity contribution in [2.24, 2.45) is 0 Å². The topological polar surface area (TPSA) is 12.0 Å². The van der Waals surface area contributed by atoms with E-state index in [0.29, 0.717) is 16.9 Å². The van der Waals surface area contributed by atoms with E-state index in [4.69, 9.17) is 0 Å². The summed E-state index contributed by atoms with van der Waals surface area (Å²) in [4.78, 5) is 0.555. The molecule has 0 spiro atoms. The summed E-state index contributed by atoms with van der Waals surface area (Å²) in [6, 6.07) is 1.14. The Labute approximate surface area is 66.3 Å². The van der Waals surface area contributed by atoms with Gasteiger partial charge >= 0.3 is 0 Å². The van der Waals surface area contributed by atoms with Crippen molar-refractivity contribution in [3.8, 4) is 0 Å². The van der Waals surface area contributed by atoms with Crippen LogP contribution in [0.25, 0.3) is 0 Å². The van der Waals surface area contributed by atoms with Crippen molar-refractivity contribution in [2.75, 3.05) is 0 Å². The van der Waals surface area contributed by atoms with Crippen molar-refractivity contribution >= 4 is 15.9 Å². The lowest BCUT2D eigenvalue weighted by atomic mass is 10.2. The first-order chi connectivity index (χ1) is 4.04. The highest BCUT2D eigenvalue weighted by atomic mass is 79.9. The van der Waals surface area contributed by atoms with E-state index >= 15 is 0 Å². The molecule has 56 valence electrons. The highest BCUT2D eigenvalue weighted by Crippen LogP contribution is 2.03. The molecule has 0 aliphatic rings. The normalized spacial score (nSPS) is 18.0. The second-order valence-electron chi connectivity index (χ2n) is 2.79. The minimum absolute atomic E-state index is 0.555. The average molecular weight is 194 g/mol. The van der Waals surface area contributed by atoms with Crippen molar-refractivity contribution in [1.82, 2.24) is 5.32 Å². The van der Waals surface area contributed by atoms with Crippen LogP contribution in [0.2, 0.25) is 0 Å². The zero-order valence-corrected chi connectivity index (χ0v) is 8.20. The van der Waals surface area contributed by atoms with Crippen LogP contribution in [-0.4, -0.2) is 16.9 Å². The third kappa shape index (κ3) is 4.91. The van der Waals surface area contributed by atoms with Crippen molar-refractivity contribution in [2.45, 2.75) is 44.6 Å². The second-order valence-corrected chi connectivity index (χ2v) is 4.23. The third-order valence-electron chi connectivity index (χ3n) is 1.29. The minimum Gasteiger partial charge on any atom is -0.311 e. The van der Waals surface area contributed by atoms with Gasteiger partial charge in [-0.1, -0.05) is 36.7 Å². The van der Waals surface area contributed by atoms with Crippen LogP contribution < -0.4 is 5.32 Å². The molecule has 0 amide bonds. The average Bonchev–Trinajstić information content (AvgIpc) is 1.63. The molecular weight excluding hydrogens is 178 g/mol. The lowest BCUT2D eigenvalue weighted by Gasteiger charge is -2.18. The highest BCUT2D eigenvalue weighted by Gasteiger charge is 2.07. The predicted octanol–water partition coefficient (Wildman–Crippen LogP) is 2.16. The van der Waals surface area contributed by atoms with E-state index in [9.17, 15) is 0 Å². The molecule has 9 heavy (non-hydrogen) atoms. The first kappa shape index (κ1) is 9.44. The molecule has 1 N–H and O–H groups in total. The summed E-state index contributed by atoms with van der Waals surface area (Å²) in [6.07, 6.45) is 0. The third-order valence-corrected chi connectivity index (χ3v) is 2.08. The molecule has 0 aromatic carbocycles. The van der Waals surface area contributed by atoms with Crippen molar-refractivity contribution in [1.29, 1.82) is 0 Å². The van der Waals surface area contributed by atoms with Crippen LogP contribution in [-0.2, 0) is 0 Å². The van der Waals surface area contributed by atoms with Crippen molar-refractivity contribution in [3.63, 3.8) is 0 Å². The summed E-state index contributed by atoms with van der Waals surface area (Å²) in [6.45, 7) is 8.65. The molecule has 0 saturated carbocycles. The monoisotopic (exact) mass is 193 g/mol. The number of alkyl halides is 1. The smallest absolute Gasteiger partial charge is 0.0268 e. The van der Waals surface area contributed by atoms with E-state index in [1.807, 2.05) is 0 Å².